The van der Waals surface area contributed by atoms with Crippen LogP contribution in [-0.2, 0) is 4.74 Å². The number of H-pyrrole nitrogens is 1. The molecule has 2 aliphatic rings. The van der Waals surface area contributed by atoms with Crippen LogP contribution in [0.4, 0.5) is 0 Å². The monoisotopic (exact) mass is 259 g/mol. The van der Waals surface area contributed by atoms with Crippen LogP contribution in [0.2, 0.25) is 0 Å². The number of hydrogen-bond acceptors (Lipinski definition) is 3. The second-order valence-corrected chi connectivity index (χ2v) is 5.34. The zero-order chi connectivity index (χ0) is 13.4. The number of methoxy groups -OCH3 is 1. The first kappa shape index (κ1) is 12.2. The Morgan fingerprint density at radius 1 is 1.47 bits per heavy atom. The molecule has 0 radical (unpaired) electrons. The molecule has 1 aromatic rings. The number of carbonyl (C=O) groups is 1. The normalized spacial score (nSPS) is 29.3. The number of fused-ring (bicyclic) bond motifs is 2. The summed E-state index contributed by atoms with van der Waals surface area (Å²) in [6.07, 6.45) is 5.82. The summed E-state index contributed by atoms with van der Waals surface area (Å²) >= 11 is 0. The quantitative estimate of drug-likeness (QED) is 0.878. The third-order valence-corrected chi connectivity index (χ3v) is 4.30. The smallest absolute Gasteiger partial charge is 0.270 e. The lowest BCUT2D eigenvalue weighted by Gasteiger charge is -2.38. The van der Waals surface area contributed by atoms with E-state index in [-0.39, 0.29) is 24.1 Å². The third kappa shape index (κ3) is 2.02. The Labute approximate surface area is 112 Å². The molecule has 0 aromatic carbocycles. The molecule has 2 aliphatic heterocycles. The van der Waals surface area contributed by atoms with Crippen molar-refractivity contribution >= 4 is 5.91 Å². The van der Waals surface area contributed by atoms with Crippen LogP contribution in [-0.4, -0.2) is 41.1 Å². The molecule has 2 saturated heterocycles. The van der Waals surface area contributed by atoms with Gasteiger partial charge in [0.15, 0.2) is 0 Å². The minimum Gasteiger partial charge on any atom is -0.381 e. The van der Waals surface area contributed by atoms with Crippen LogP contribution in [0.15, 0.2) is 12.3 Å². The molecule has 5 heteroatoms. The predicted molar refractivity (Wildman–Crippen MR) is 68.5 cm³/mol. The minimum atomic E-state index is 0.0172. The lowest BCUT2D eigenvalue weighted by molar-refractivity contribution is 0.00797. The van der Waals surface area contributed by atoms with Gasteiger partial charge < -0.3 is 14.6 Å². The number of piperidine rings is 1. The number of nitrogens with zero attached hydrogens (tertiary/aromatic N) is 2. The maximum absolute atomic E-state index is 12.5. The van der Waals surface area contributed by atoms with Crippen LogP contribution < -0.4 is 0 Å². The van der Waals surface area contributed by atoms with Crippen LogP contribution >= 0.6 is 0 Å². The molecule has 2 bridgehead atoms. The molecule has 0 aliphatic carbocycles. The molecule has 1 aromatic heterocycles. The van der Waals surface area contributed by atoms with E-state index in [1.165, 1.54) is 0 Å². The predicted octanol–water partition coefficient (Wildman–Crippen LogP) is 1.67. The van der Waals surface area contributed by atoms with Gasteiger partial charge in [0.2, 0.25) is 0 Å². The zero-order valence-corrected chi connectivity index (χ0v) is 10.9. The Morgan fingerprint density at radius 2 is 2.16 bits per heavy atom. The summed E-state index contributed by atoms with van der Waals surface area (Å²) in [5.74, 6) is 0.0172. The van der Waals surface area contributed by atoms with Crippen molar-refractivity contribution in [3.05, 3.63) is 23.5 Å². The molecule has 1 amide bonds. The second-order valence-electron chi connectivity index (χ2n) is 5.34. The summed E-state index contributed by atoms with van der Waals surface area (Å²) in [7, 11) is 1.74. The number of nitriles is 1. The van der Waals surface area contributed by atoms with E-state index in [1.807, 2.05) is 11.0 Å². The molecule has 19 heavy (non-hydrogen) atoms. The van der Waals surface area contributed by atoms with E-state index in [1.54, 1.807) is 19.4 Å². The number of aromatic amines is 1. The highest BCUT2D eigenvalue weighted by atomic mass is 16.5. The number of amides is 1. The highest BCUT2D eigenvalue weighted by molar-refractivity contribution is 5.93. The van der Waals surface area contributed by atoms with Crippen LogP contribution in [0.3, 0.4) is 0 Å². The Kier molecular flexibility index (Phi) is 3.03. The molecule has 3 heterocycles. The van der Waals surface area contributed by atoms with Crippen molar-refractivity contribution in [1.29, 1.82) is 5.26 Å². The van der Waals surface area contributed by atoms with Crippen LogP contribution in [0.1, 0.15) is 41.7 Å². The van der Waals surface area contributed by atoms with E-state index in [4.69, 9.17) is 10.00 Å². The van der Waals surface area contributed by atoms with Crippen molar-refractivity contribution in [2.75, 3.05) is 7.11 Å². The van der Waals surface area contributed by atoms with Crippen molar-refractivity contribution in [3.8, 4) is 6.07 Å². The summed E-state index contributed by atoms with van der Waals surface area (Å²) in [6, 6.07) is 4.23. The Hall–Kier alpha value is -1.80. The topological polar surface area (TPSA) is 69.1 Å². The van der Waals surface area contributed by atoms with E-state index in [9.17, 15) is 4.79 Å². The van der Waals surface area contributed by atoms with Gasteiger partial charge >= 0.3 is 0 Å². The number of ether oxygens (including phenoxy) is 1. The summed E-state index contributed by atoms with van der Waals surface area (Å²) in [4.78, 5) is 17.4. The van der Waals surface area contributed by atoms with Gasteiger partial charge in [-0.1, -0.05) is 0 Å². The average molecular weight is 259 g/mol. The Bertz CT molecular complexity index is 517. The summed E-state index contributed by atoms with van der Waals surface area (Å²) in [6.45, 7) is 0. The Morgan fingerprint density at radius 3 is 2.68 bits per heavy atom. The van der Waals surface area contributed by atoms with Gasteiger partial charge in [0, 0.05) is 25.4 Å². The summed E-state index contributed by atoms with van der Waals surface area (Å²) in [5.41, 5.74) is 1.02. The first-order chi connectivity index (χ1) is 9.22. The largest absolute Gasteiger partial charge is 0.381 e. The van der Waals surface area contributed by atoms with Crippen LogP contribution in [0.5, 0.6) is 0 Å². The van der Waals surface area contributed by atoms with E-state index in [0.29, 0.717) is 11.3 Å². The minimum absolute atomic E-state index is 0.0172. The second kappa shape index (κ2) is 4.71. The van der Waals surface area contributed by atoms with E-state index < -0.39 is 0 Å². The van der Waals surface area contributed by atoms with E-state index in [0.717, 1.165) is 25.7 Å². The van der Waals surface area contributed by atoms with Gasteiger partial charge in [-0.15, -0.1) is 0 Å². The van der Waals surface area contributed by atoms with Gasteiger partial charge in [-0.05, 0) is 31.7 Å². The van der Waals surface area contributed by atoms with Gasteiger partial charge in [0.1, 0.15) is 11.8 Å². The fraction of sp³-hybridized carbons (Fsp3) is 0.571. The molecule has 2 fully saturated rings. The molecule has 5 nitrogen and oxygen atoms in total. The molecule has 100 valence electrons. The van der Waals surface area contributed by atoms with Crippen molar-refractivity contribution in [2.45, 2.75) is 43.9 Å². The van der Waals surface area contributed by atoms with Crippen molar-refractivity contribution in [1.82, 2.24) is 9.88 Å². The highest BCUT2D eigenvalue weighted by Gasteiger charge is 2.43. The first-order valence-corrected chi connectivity index (χ1v) is 6.67. The zero-order valence-electron chi connectivity index (χ0n) is 10.9. The number of carbonyl (C=O) groups excluding carboxylic acids is 1. The van der Waals surface area contributed by atoms with Gasteiger partial charge in [-0.2, -0.15) is 5.26 Å². The van der Waals surface area contributed by atoms with Crippen LogP contribution in [0, 0.1) is 11.3 Å². The van der Waals surface area contributed by atoms with Gasteiger partial charge in [0.25, 0.3) is 5.91 Å². The number of hydrogen-bond donors (Lipinski definition) is 1. The number of rotatable bonds is 2. The van der Waals surface area contributed by atoms with E-state index >= 15 is 0 Å². The molecular formula is C14H17N3O2. The molecule has 0 saturated carbocycles. The number of aromatic nitrogens is 1. The van der Waals surface area contributed by atoms with Crippen molar-refractivity contribution in [2.24, 2.45) is 0 Å². The van der Waals surface area contributed by atoms with Gasteiger partial charge in [-0.25, -0.2) is 0 Å². The van der Waals surface area contributed by atoms with Gasteiger partial charge in [0.05, 0.1) is 11.7 Å². The molecule has 1 unspecified atom stereocenters. The first-order valence-electron chi connectivity index (χ1n) is 6.67. The van der Waals surface area contributed by atoms with Crippen molar-refractivity contribution in [3.63, 3.8) is 0 Å². The summed E-state index contributed by atoms with van der Waals surface area (Å²) in [5, 5.41) is 8.81. The van der Waals surface area contributed by atoms with Crippen LogP contribution in [0.25, 0.3) is 0 Å². The maximum atomic E-state index is 12.5. The van der Waals surface area contributed by atoms with Gasteiger partial charge in [-0.3, -0.25) is 4.79 Å². The standard InChI is InChI=1S/C14H17N3O2/c1-19-12-5-10-2-3-11(6-12)17(10)14(18)13-4-9(7-15)8-16-13/h4,8,10-12,16H,2-3,5-6H2,1H3/t10-,11+,12?. The molecule has 1 N–H and O–H groups in total. The molecule has 3 atom stereocenters. The lowest BCUT2D eigenvalue weighted by atomic mass is 9.99. The molecule has 0 spiro atoms. The SMILES string of the molecule is COC1C[C@H]2CC[C@@H](C1)N2C(=O)c1cc(C#N)c[nH]1. The third-order valence-electron chi connectivity index (χ3n) is 4.30. The Balaban J connectivity index is 1.80. The van der Waals surface area contributed by atoms with E-state index in [2.05, 4.69) is 4.98 Å². The van der Waals surface area contributed by atoms with Crippen molar-refractivity contribution < 1.29 is 9.53 Å². The maximum Gasteiger partial charge on any atom is 0.270 e. The average Bonchev–Trinajstić information content (AvgIpc) is 3.01. The summed E-state index contributed by atoms with van der Waals surface area (Å²) < 4.78 is 5.44. The highest BCUT2D eigenvalue weighted by Crippen LogP contribution is 2.37. The lowest BCUT2D eigenvalue weighted by Crippen LogP contribution is -2.48. The fourth-order valence-corrected chi connectivity index (χ4v) is 3.37. The molecule has 3 rings (SSSR count). The fourth-order valence-electron chi connectivity index (χ4n) is 3.37. The molecular weight excluding hydrogens is 242 g/mol. The number of nitrogens with one attached hydrogen (secondary N) is 1.